The van der Waals surface area contributed by atoms with E-state index in [1.54, 1.807) is 18.2 Å². The number of nitriles is 1. The predicted molar refractivity (Wildman–Crippen MR) is 110 cm³/mol. The lowest BCUT2D eigenvalue weighted by atomic mass is 10.1. The van der Waals surface area contributed by atoms with Crippen molar-refractivity contribution in [1.29, 1.82) is 5.26 Å². The molecule has 0 atom stereocenters. The van der Waals surface area contributed by atoms with Gasteiger partial charge in [-0.3, -0.25) is 10.1 Å². The minimum absolute atomic E-state index is 0.0885. The fourth-order valence-corrected chi connectivity index (χ4v) is 3.01. The van der Waals surface area contributed by atoms with Gasteiger partial charge in [-0.2, -0.15) is 10.2 Å². The molecule has 0 unspecified atom stereocenters. The number of halogens is 1. The first kappa shape index (κ1) is 19.3. The summed E-state index contributed by atoms with van der Waals surface area (Å²) >= 11 is 5.88. The van der Waals surface area contributed by atoms with Crippen molar-refractivity contribution in [3.05, 3.63) is 75.1 Å². The molecular weight excluding hydrogens is 408 g/mol. The Hall–Kier alpha value is -4.03. The van der Waals surface area contributed by atoms with Crippen LogP contribution in [0.2, 0.25) is 5.02 Å². The maximum atomic E-state index is 11.0. The molecule has 10 heteroatoms. The molecule has 0 saturated heterocycles. The molecule has 0 spiro atoms. The smallest absolute Gasteiger partial charge is 0.270 e. The molecule has 0 fully saturated rings. The predicted octanol–water partition coefficient (Wildman–Crippen LogP) is 4.37. The van der Waals surface area contributed by atoms with Gasteiger partial charge in [-0.05, 0) is 36.4 Å². The number of pyridine rings is 1. The van der Waals surface area contributed by atoms with Gasteiger partial charge in [0.05, 0.1) is 22.1 Å². The molecule has 1 N–H and O–H groups in total. The molecule has 0 radical (unpaired) electrons. The van der Waals surface area contributed by atoms with Crippen molar-refractivity contribution < 1.29 is 9.45 Å². The van der Waals surface area contributed by atoms with Crippen molar-refractivity contribution in [2.75, 3.05) is 11.9 Å². The largest absolute Gasteiger partial charge is 0.369 e. The Morgan fingerprint density at radius 3 is 2.70 bits per heavy atom. The van der Waals surface area contributed by atoms with Crippen molar-refractivity contribution >= 4 is 34.0 Å². The third-order valence-electron chi connectivity index (χ3n) is 4.34. The van der Waals surface area contributed by atoms with Crippen LogP contribution in [0.4, 0.5) is 11.5 Å². The molecule has 0 aliphatic heterocycles. The van der Waals surface area contributed by atoms with Gasteiger partial charge in [-0.1, -0.05) is 16.8 Å². The van der Waals surface area contributed by atoms with Crippen LogP contribution < -0.4 is 5.32 Å². The molecule has 2 heterocycles. The molecule has 0 saturated carbocycles. The quantitative estimate of drug-likeness (QED) is 0.359. The Morgan fingerprint density at radius 2 is 1.97 bits per heavy atom. The lowest BCUT2D eigenvalue weighted by molar-refractivity contribution is -0.384. The number of aromatic nitrogens is 3. The lowest BCUT2D eigenvalue weighted by Gasteiger charge is -2.07. The van der Waals surface area contributed by atoms with Crippen molar-refractivity contribution in [2.45, 2.75) is 6.42 Å². The van der Waals surface area contributed by atoms with Crippen LogP contribution in [0.25, 0.3) is 22.3 Å². The van der Waals surface area contributed by atoms with E-state index >= 15 is 0 Å². The number of benzene rings is 2. The zero-order valence-electron chi connectivity index (χ0n) is 15.4. The normalized spacial score (nSPS) is 10.7. The summed E-state index contributed by atoms with van der Waals surface area (Å²) in [5.41, 5.74) is 1.50. The first-order valence-corrected chi connectivity index (χ1v) is 9.23. The summed E-state index contributed by atoms with van der Waals surface area (Å²) in [4.78, 5) is 19.2. The monoisotopic (exact) mass is 420 g/mol. The van der Waals surface area contributed by atoms with Gasteiger partial charge in [0, 0.05) is 41.1 Å². The first-order valence-electron chi connectivity index (χ1n) is 8.85. The summed E-state index contributed by atoms with van der Waals surface area (Å²) in [5, 5.41) is 28.5. The van der Waals surface area contributed by atoms with Crippen LogP contribution in [0.3, 0.4) is 0 Å². The van der Waals surface area contributed by atoms with E-state index in [9.17, 15) is 15.4 Å². The summed E-state index contributed by atoms with van der Waals surface area (Å²) in [6.45, 7) is 0.443. The highest BCUT2D eigenvalue weighted by Crippen LogP contribution is 2.25. The molecule has 9 nitrogen and oxygen atoms in total. The van der Waals surface area contributed by atoms with Crippen LogP contribution in [0.15, 0.2) is 53.1 Å². The van der Waals surface area contributed by atoms with Crippen molar-refractivity contribution in [1.82, 2.24) is 15.1 Å². The van der Waals surface area contributed by atoms with Crippen LogP contribution in [0.1, 0.15) is 11.5 Å². The van der Waals surface area contributed by atoms with E-state index in [1.165, 1.54) is 18.2 Å². The minimum Gasteiger partial charge on any atom is -0.369 e. The molecule has 148 valence electrons. The lowest BCUT2D eigenvalue weighted by Crippen LogP contribution is -2.07. The number of hydrogen-bond donors (Lipinski definition) is 1. The zero-order chi connectivity index (χ0) is 21.1. The Morgan fingerprint density at radius 1 is 1.17 bits per heavy atom. The van der Waals surface area contributed by atoms with Gasteiger partial charge in [0.15, 0.2) is 0 Å². The van der Waals surface area contributed by atoms with Crippen LogP contribution in [-0.4, -0.2) is 26.6 Å². The van der Waals surface area contributed by atoms with Gasteiger partial charge in [0.2, 0.25) is 11.7 Å². The molecule has 2 aromatic heterocycles. The Labute approximate surface area is 175 Å². The number of nitrogens with one attached hydrogen (secondary N) is 1. The first-order chi connectivity index (χ1) is 14.5. The molecule has 0 aliphatic carbocycles. The van der Waals surface area contributed by atoms with Crippen LogP contribution in [0, 0.1) is 21.4 Å². The maximum absolute atomic E-state index is 11.0. The number of nitro groups is 1. The average Bonchev–Trinajstić information content (AvgIpc) is 3.22. The standard InChI is InChI=1S/C20H13ClN6O3/c21-14-3-1-12(2-4-14)20-25-19(30-26-20)7-8-23-18-9-13(11-22)16-10-15(27(28)29)5-6-17(16)24-18/h1-6,9-10H,7-8H2,(H,23,24). The number of nitrogens with zero attached hydrogens (tertiary/aromatic N) is 5. The summed E-state index contributed by atoms with van der Waals surface area (Å²) < 4.78 is 5.27. The van der Waals surface area contributed by atoms with Gasteiger partial charge < -0.3 is 9.84 Å². The summed E-state index contributed by atoms with van der Waals surface area (Å²) in [5.74, 6) is 1.40. The Kier molecular flexibility index (Phi) is 5.24. The Balaban J connectivity index is 1.46. The van der Waals surface area contributed by atoms with E-state index in [4.69, 9.17) is 16.1 Å². The van der Waals surface area contributed by atoms with Crippen molar-refractivity contribution in [3.63, 3.8) is 0 Å². The number of fused-ring (bicyclic) bond motifs is 1. The minimum atomic E-state index is -0.505. The average molecular weight is 421 g/mol. The summed E-state index contributed by atoms with van der Waals surface area (Å²) in [6.07, 6.45) is 0.447. The van der Waals surface area contributed by atoms with Gasteiger partial charge >= 0.3 is 0 Å². The fraction of sp³-hybridized carbons (Fsp3) is 0.100. The van der Waals surface area contributed by atoms with Crippen LogP contribution in [0.5, 0.6) is 0 Å². The number of nitro benzene ring substituents is 1. The van der Waals surface area contributed by atoms with E-state index in [2.05, 4.69) is 26.5 Å². The maximum Gasteiger partial charge on any atom is 0.270 e. The highest BCUT2D eigenvalue weighted by molar-refractivity contribution is 6.30. The second kappa shape index (κ2) is 8.14. The molecule has 0 amide bonds. The number of hydrogen-bond acceptors (Lipinski definition) is 8. The Bertz CT molecular complexity index is 1280. The number of non-ortho nitro benzene ring substituents is 1. The van der Waals surface area contributed by atoms with Gasteiger partial charge in [-0.25, -0.2) is 4.98 Å². The molecule has 0 bridgehead atoms. The molecular formula is C20H13ClN6O3. The molecule has 4 aromatic rings. The molecule has 0 aliphatic rings. The fourth-order valence-electron chi connectivity index (χ4n) is 2.88. The van der Waals surface area contributed by atoms with Gasteiger partial charge in [0.25, 0.3) is 5.69 Å². The third-order valence-corrected chi connectivity index (χ3v) is 4.59. The molecule has 2 aromatic carbocycles. The highest BCUT2D eigenvalue weighted by Gasteiger charge is 2.12. The van der Waals surface area contributed by atoms with E-state index in [-0.39, 0.29) is 5.69 Å². The van der Waals surface area contributed by atoms with E-state index in [0.29, 0.717) is 52.0 Å². The van der Waals surface area contributed by atoms with Crippen LogP contribution >= 0.6 is 11.6 Å². The third kappa shape index (κ3) is 4.04. The van der Waals surface area contributed by atoms with Crippen molar-refractivity contribution in [2.24, 2.45) is 0 Å². The second-order valence-corrected chi connectivity index (χ2v) is 6.76. The van der Waals surface area contributed by atoms with Crippen molar-refractivity contribution in [3.8, 4) is 17.5 Å². The number of anilines is 1. The highest BCUT2D eigenvalue weighted by atomic mass is 35.5. The summed E-state index contributed by atoms with van der Waals surface area (Å²) in [6, 6.07) is 15.0. The molecule has 30 heavy (non-hydrogen) atoms. The summed E-state index contributed by atoms with van der Waals surface area (Å²) in [7, 11) is 0. The second-order valence-electron chi connectivity index (χ2n) is 6.32. The van der Waals surface area contributed by atoms with E-state index in [1.807, 2.05) is 12.1 Å². The van der Waals surface area contributed by atoms with E-state index < -0.39 is 4.92 Å². The SMILES string of the molecule is N#Cc1cc(NCCc2nc(-c3ccc(Cl)cc3)no2)nc2ccc([N+](=O)[O-])cc12. The van der Waals surface area contributed by atoms with Crippen LogP contribution in [-0.2, 0) is 6.42 Å². The zero-order valence-corrected chi connectivity index (χ0v) is 16.1. The topological polar surface area (TPSA) is 131 Å². The van der Waals surface area contributed by atoms with Gasteiger partial charge in [0.1, 0.15) is 5.82 Å². The number of rotatable bonds is 6. The molecule has 4 rings (SSSR count). The van der Waals surface area contributed by atoms with Gasteiger partial charge in [-0.15, -0.1) is 0 Å². The van der Waals surface area contributed by atoms with E-state index in [0.717, 1.165) is 5.56 Å².